The summed E-state index contributed by atoms with van der Waals surface area (Å²) in [6.45, 7) is 14.5. The number of carbonyl (C=O) groups is 3. The molecule has 0 unspecified atom stereocenters. The third-order valence-electron chi connectivity index (χ3n) is 5.72. The molecule has 2 rings (SSSR count). The number of guanidine groups is 1. The van der Waals surface area contributed by atoms with Crippen LogP contribution in [0.5, 0.6) is 0 Å². The second kappa shape index (κ2) is 11.3. The zero-order valence-corrected chi connectivity index (χ0v) is 22.3. The van der Waals surface area contributed by atoms with E-state index in [2.05, 4.69) is 34.6 Å². The van der Waals surface area contributed by atoms with Gasteiger partial charge < -0.3 is 19.0 Å². The Morgan fingerprint density at radius 1 is 1.03 bits per heavy atom. The van der Waals surface area contributed by atoms with Crippen molar-refractivity contribution in [2.45, 2.75) is 98.0 Å². The Morgan fingerprint density at radius 3 is 1.97 bits per heavy atom. The normalized spacial score (nSPS) is 23.5. The molecule has 35 heavy (non-hydrogen) atoms. The number of ether oxygens (including phenoxy) is 3. The molecule has 0 aromatic heterocycles. The summed E-state index contributed by atoms with van der Waals surface area (Å²) in [5.41, 5.74) is -0.692. The molecule has 0 radical (unpaired) electrons. The summed E-state index contributed by atoms with van der Waals surface area (Å²) < 4.78 is 15.6. The lowest BCUT2D eigenvalue weighted by molar-refractivity contribution is -0.149. The number of carbonyl (C=O) groups excluding carboxylic acids is 3. The van der Waals surface area contributed by atoms with Crippen LogP contribution in [-0.2, 0) is 23.8 Å². The number of hydrogen-bond donors (Lipinski definition) is 2. The Labute approximate surface area is 207 Å². The van der Waals surface area contributed by atoms with Gasteiger partial charge in [-0.15, -0.1) is 0 Å². The highest BCUT2D eigenvalue weighted by molar-refractivity contribution is 6.02. The van der Waals surface area contributed by atoms with E-state index in [-0.39, 0.29) is 17.8 Å². The number of nitrogens with one attached hydrogen (secondary N) is 2. The molecule has 1 fully saturated rings. The SMILES string of the molecule is CCC(CC)C1=NO[C@H]2[C@@H]1[C@H](N=C(NC(=O)OC(C)(C)C)NC(=O)OC(C)(C)C)C[C@@H]2C(=O)OC. The van der Waals surface area contributed by atoms with Gasteiger partial charge in [0.1, 0.15) is 11.2 Å². The van der Waals surface area contributed by atoms with Crippen LogP contribution in [0.3, 0.4) is 0 Å². The van der Waals surface area contributed by atoms with Gasteiger partial charge in [-0.1, -0.05) is 19.0 Å². The number of fused-ring (bicyclic) bond motifs is 1. The molecule has 1 saturated carbocycles. The summed E-state index contributed by atoms with van der Waals surface area (Å²) in [4.78, 5) is 47.8. The molecule has 11 nitrogen and oxygen atoms in total. The molecule has 11 heteroatoms. The van der Waals surface area contributed by atoms with E-state index in [4.69, 9.17) is 19.0 Å². The third kappa shape index (κ3) is 7.83. The fraction of sp³-hybridized carbons (Fsp3) is 0.792. The van der Waals surface area contributed by atoms with Crippen molar-refractivity contribution in [3.63, 3.8) is 0 Å². The summed E-state index contributed by atoms with van der Waals surface area (Å²) in [5, 5.41) is 9.34. The van der Waals surface area contributed by atoms with Gasteiger partial charge in [-0.3, -0.25) is 15.4 Å². The smallest absolute Gasteiger partial charge is 0.414 e. The Balaban J connectivity index is 2.40. The number of aliphatic imine (C=N–C) groups is 1. The van der Waals surface area contributed by atoms with Crippen LogP contribution in [0.2, 0.25) is 0 Å². The quantitative estimate of drug-likeness (QED) is 0.256. The van der Waals surface area contributed by atoms with Gasteiger partial charge in [0.05, 0.1) is 30.7 Å². The maximum absolute atomic E-state index is 12.5. The average molecular weight is 497 g/mol. The standard InChI is InChI=1S/C24H40N4O7/c1-10-13(11-2)17-16-15(12-14(19(29)32-9)18(16)35-28-17)25-20(26-21(30)33-23(3,4)5)27-22(31)34-24(6,7)8/h13-16,18H,10-12H2,1-9H3,(H2,25,26,27,30,31)/t14-,15+,16+,18+/m0/s1. The Kier molecular flexibility index (Phi) is 9.13. The third-order valence-corrected chi connectivity index (χ3v) is 5.72. The van der Waals surface area contributed by atoms with Gasteiger partial charge in [0.15, 0.2) is 6.10 Å². The zero-order chi connectivity index (χ0) is 26.6. The van der Waals surface area contributed by atoms with E-state index in [0.29, 0.717) is 6.42 Å². The maximum Gasteiger partial charge on any atom is 0.414 e. The van der Waals surface area contributed by atoms with Gasteiger partial charge in [0, 0.05) is 5.92 Å². The Bertz CT molecular complexity index is 821. The van der Waals surface area contributed by atoms with E-state index in [1.807, 2.05) is 0 Å². The number of hydrogen-bond acceptors (Lipinski definition) is 9. The zero-order valence-electron chi connectivity index (χ0n) is 22.3. The molecule has 1 aliphatic heterocycles. The van der Waals surface area contributed by atoms with Gasteiger partial charge in [-0.2, -0.15) is 0 Å². The molecule has 4 atom stereocenters. The number of alkyl carbamates (subject to hydrolysis) is 2. The molecule has 0 saturated heterocycles. The molecule has 198 valence electrons. The lowest BCUT2D eigenvalue weighted by Gasteiger charge is -2.24. The van der Waals surface area contributed by atoms with Crippen LogP contribution in [0, 0.1) is 17.8 Å². The van der Waals surface area contributed by atoms with E-state index >= 15 is 0 Å². The van der Waals surface area contributed by atoms with Gasteiger partial charge in [0.25, 0.3) is 0 Å². The largest absolute Gasteiger partial charge is 0.469 e. The van der Waals surface area contributed by atoms with Crippen LogP contribution in [0.15, 0.2) is 10.1 Å². The number of esters is 1. The van der Waals surface area contributed by atoms with Crippen molar-refractivity contribution in [1.82, 2.24) is 10.6 Å². The Hall–Kier alpha value is -2.85. The van der Waals surface area contributed by atoms with E-state index in [1.165, 1.54) is 7.11 Å². The van der Waals surface area contributed by atoms with Crippen LogP contribution >= 0.6 is 0 Å². The molecule has 2 N–H and O–H groups in total. The van der Waals surface area contributed by atoms with Crippen molar-refractivity contribution in [2.75, 3.05) is 7.11 Å². The predicted octanol–water partition coefficient (Wildman–Crippen LogP) is 3.76. The number of nitrogens with zero attached hydrogens (tertiary/aromatic N) is 2. The first-order chi connectivity index (χ1) is 16.2. The molecule has 2 amide bonds. The van der Waals surface area contributed by atoms with Gasteiger partial charge in [0.2, 0.25) is 5.96 Å². The van der Waals surface area contributed by atoms with E-state index in [9.17, 15) is 14.4 Å². The molecule has 1 heterocycles. The van der Waals surface area contributed by atoms with Crippen LogP contribution in [-0.4, -0.2) is 60.3 Å². The maximum atomic E-state index is 12.5. The van der Waals surface area contributed by atoms with E-state index in [1.54, 1.807) is 41.5 Å². The summed E-state index contributed by atoms with van der Waals surface area (Å²) >= 11 is 0. The topological polar surface area (TPSA) is 137 Å². The molecule has 0 bridgehead atoms. The minimum atomic E-state index is -0.789. The Morgan fingerprint density at radius 2 is 1.54 bits per heavy atom. The van der Waals surface area contributed by atoms with E-state index in [0.717, 1.165) is 18.6 Å². The fourth-order valence-corrected chi connectivity index (χ4v) is 4.33. The first-order valence-corrected chi connectivity index (χ1v) is 12.1. The van der Waals surface area contributed by atoms with Crippen molar-refractivity contribution in [2.24, 2.45) is 27.9 Å². The number of rotatable bonds is 5. The summed E-state index contributed by atoms with van der Waals surface area (Å²) in [7, 11) is 1.32. The van der Waals surface area contributed by atoms with Crippen molar-refractivity contribution in [3.05, 3.63) is 0 Å². The first-order valence-electron chi connectivity index (χ1n) is 12.1. The molecular formula is C24H40N4O7. The minimum Gasteiger partial charge on any atom is -0.469 e. The van der Waals surface area contributed by atoms with Gasteiger partial charge >= 0.3 is 18.2 Å². The highest BCUT2D eigenvalue weighted by Crippen LogP contribution is 2.43. The summed E-state index contributed by atoms with van der Waals surface area (Å²) in [5.74, 6) is -1.29. The number of amides is 2. The lowest BCUT2D eigenvalue weighted by atomic mass is 9.84. The molecule has 0 spiro atoms. The summed E-state index contributed by atoms with van der Waals surface area (Å²) in [6, 6.07) is -0.508. The molecule has 0 aromatic rings. The molecular weight excluding hydrogens is 456 g/mol. The van der Waals surface area contributed by atoms with Gasteiger partial charge in [-0.25, -0.2) is 14.6 Å². The molecule has 2 aliphatic rings. The van der Waals surface area contributed by atoms with Crippen molar-refractivity contribution in [3.8, 4) is 0 Å². The first kappa shape index (κ1) is 28.4. The molecule has 1 aliphatic carbocycles. The van der Waals surface area contributed by atoms with Gasteiger partial charge in [-0.05, 0) is 60.8 Å². The van der Waals surface area contributed by atoms with Crippen LogP contribution in [0.1, 0.15) is 74.7 Å². The van der Waals surface area contributed by atoms with Crippen LogP contribution in [0.4, 0.5) is 9.59 Å². The van der Waals surface area contributed by atoms with Crippen molar-refractivity contribution in [1.29, 1.82) is 0 Å². The summed E-state index contributed by atoms with van der Waals surface area (Å²) in [6.07, 6.45) is -0.112. The second-order valence-electron chi connectivity index (χ2n) is 10.8. The lowest BCUT2D eigenvalue weighted by Crippen LogP contribution is -2.48. The van der Waals surface area contributed by atoms with Crippen LogP contribution < -0.4 is 10.6 Å². The minimum absolute atomic E-state index is 0.140. The number of oxime groups is 1. The van der Waals surface area contributed by atoms with E-state index < -0.39 is 47.4 Å². The second-order valence-corrected chi connectivity index (χ2v) is 10.8. The van der Waals surface area contributed by atoms with Crippen molar-refractivity contribution < 1.29 is 33.4 Å². The number of methoxy groups -OCH3 is 1. The predicted molar refractivity (Wildman–Crippen MR) is 130 cm³/mol. The van der Waals surface area contributed by atoms with Crippen LogP contribution in [0.25, 0.3) is 0 Å². The average Bonchev–Trinajstić information content (AvgIpc) is 3.27. The monoisotopic (exact) mass is 496 g/mol. The highest BCUT2D eigenvalue weighted by Gasteiger charge is 2.55. The van der Waals surface area contributed by atoms with Crippen molar-refractivity contribution >= 4 is 29.8 Å². The fourth-order valence-electron chi connectivity index (χ4n) is 4.33. The highest BCUT2D eigenvalue weighted by atomic mass is 16.6. The molecule has 0 aromatic carbocycles.